The second-order valence-corrected chi connectivity index (χ2v) is 6.48. The van der Waals surface area contributed by atoms with Crippen LogP contribution in [0.3, 0.4) is 0 Å². The number of sulfonamides is 1. The Bertz CT molecular complexity index is 724. The van der Waals surface area contributed by atoms with Crippen LogP contribution in [0.5, 0.6) is 0 Å². The molecule has 0 saturated heterocycles. The van der Waals surface area contributed by atoms with Crippen LogP contribution >= 0.6 is 0 Å². The smallest absolute Gasteiger partial charge is 0.337 e. The Hall–Kier alpha value is -2.19. The van der Waals surface area contributed by atoms with E-state index in [0.717, 1.165) is 0 Å². The number of methoxy groups -OCH3 is 1. The summed E-state index contributed by atoms with van der Waals surface area (Å²) >= 11 is 0. The lowest BCUT2D eigenvalue weighted by atomic mass is 10.2. The van der Waals surface area contributed by atoms with Crippen molar-refractivity contribution in [2.24, 2.45) is 0 Å². The van der Waals surface area contributed by atoms with Crippen molar-refractivity contribution >= 4 is 16.0 Å². The third kappa shape index (κ3) is 3.92. The number of ether oxygens (including phenoxy) is 1. The van der Waals surface area contributed by atoms with Crippen LogP contribution in [0.1, 0.15) is 17.3 Å². The summed E-state index contributed by atoms with van der Waals surface area (Å²) in [5.74, 6) is -0.510. The molecule has 0 bridgehead atoms. The Kier molecular flexibility index (Phi) is 4.94. The van der Waals surface area contributed by atoms with Gasteiger partial charge in [0.05, 0.1) is 24.1 Å². The number of carbonyl (C=O) groups excluding carboxylic acids is 1. The molecule has 0 spiro atoms. The normalized spacial score (nSPS) is 12.8. The molecule has 0 saturated carbocycles. The molecule has 0 aliphatic rings. The van der Waals surface area contributed by atoms with Crippen molar-refractivity contribution in [3.05, 3.63) is 48.3 Å². The Labute approximate surface area is 129 Å². The minimum Gasteiger partial charge on any atom is -0.465 e. The van der Waals surface area contributed by atoms with Crippen LogP contribution in [0.15, 0.2) is 47.6 Å². The van der Waals surface area contributed by atoms with E-state index in [-0.39, 0.29) is 10.9 Å². The van der Waals surface area contributed by atoms with Crippen LogP contribution < -0.4 is 4.72 Å². The summed E-state index contributed by atoms with van der Waals surface area (Å²) < 4.78 is 33.3. The Balaban J connectivity index is 2.07. The van der Waals surface area contributed by atoms with Crippen molar-refractivity contribution in [1.29, 1.82) is 0 Å². The molecule has 2 aromatic rings. The molecule has 0 unspecified atom stereocenters. The fourth-order valence-electron chi connectivity index (χ4n) is 1.95. The van der Waals surface area contributed by atoms with E-state index in [1.54, 1.807) is 30.1 Å². The van der Waals surface area contributed by atoms with Gasteiger partial charge in [0.25, 0.3) is 0 Å². The molecule has 7 nitrogen and oxygen atoms in total. The molecule has 0 fully saturated rings. The zero-order valence-electron chi connectivity index (χ0n) is 12.3. The van der Waals surface area contributed by atoms with Crippen molar-refractivity contribution in [2.75, 3.05) is 7.11 Å². The van der Waals surface area contributed by atoms with Crippen LogP contribution in [0.2, 0.25) is 0 Å². The SMILES string of the molecule is COC(=O)c1ccc(S(=O)(=O)N[C@H](C)Cn2cccn2)cc1. The largest absolute Gasteiger partial charge is 0.465 e. The van der Waals surface area contributed by atoms with Gasteiger partial charge in [0.15, 0.2) is 0 Å². The number of rotatable bonds is 6. The number of esters is 1. The van der Waals surface area contributed by atoms with E-state index in [2.05, 4.69) is 14.6 Å². The van der Waals surface area contributed by atoms with Crippen LogP contribution in [-0.4, -0.2) is 37.3 Å². The molecule has 2 rings (SSSR count). The predicted octanol–water partition coefficient (Wildman–Crippen LogP) is 1.04. The third-order valence-corrected chi connectivity index (χ3v) is 4.57. The minimum atomic E-state index is -3.66. The number of carbonyl (C=O) groups is 1. The van der Waals surface area contributed by atoms with Gasteiger partial charge in [-0.25, -0.2) is 17.9 Å². The van der Waals surface area contributed by atoms with Gasteiger partial charge in [-0.2, -0.15) is 5.10 Å². The van der Waals surface area contributed by atoms with Crippen molar-refractivity contribution in [3.8, 4) is 0 Å². The lowest BCUT2D eigenvalue weighted by Gasteiger charge is -2.14. The van der Waals surface area contributed by atoms with E-state index in [1.165, 1.54) is 31.4 Å². The second-order valence-electron chi connectivity index (χ2n) is 4.77. The molecule has 1 aromatic heterocycles. The maximum absolute atomic E-state index is 12.3. The average Bonchev–Trinajstić information content (AvgIpc) is 2.98. The monoisotopic (exact) mass is 323 g/mol. The van der Waals surface area contributed by atoms with Crippen molar-refractivity contribution in [2.45, 2.75) is 24.4 Å². The summed E-state index contributed by atoms with van der Waals surface area (Å²) in [6.07, 6.45) is 3.39. The first kappa shape index (κ1) is 16.2. The summed E-state index contributed by atoms with van der Waals surface area (Å²) in [6, 6.07) is 7.01. The maximum atomic E-state index is 12.3. The van der Waals surface area contributed by atoms with Crippen LogP contribution in [-0.2, 0) is 21.3 Å². The molecule has 1 aromatic carbocycles. The lowest BCUT2D eigenvalue weighted by Crippen LogP contribution is -2.35. The van der Waals surface area contributed by atoms with Gasteiger partial charge >= 0.3 is 5.97 Å². The fraction of sp³-hybridized carbons (Fsp3) is 0.286. The van der Waals surface area contributed by atoms with Crippen molar-refractivity contribution in [1.82, 2.24) is 14.5 Å². The van der Waals surface area contributed by atoms with E-state index in [9.17, 15) is 13.2 Å². The van der Waals surface area contributed by atoms with Crippen molar-refractivity contribution in [3.63, 3.8) is 0 Å². The van der Waals surface area contributed by atoms with Crippen molar-refractivity contribution < 1.29 is 17.9 Å². The van der Waals surface area contributed by atoms with Gasteiger partial charge in [0, 0.05) is 18.4 Å². The first-order chi connectivity index (χ1) is 10.4. The summed E-state index contributed by atoms with van der Waals surface area (Å²) in [5.41, 5.74) is 0.297. The summed E-state index contributed by atoms with van der Waals surface area (Å²) in [5, 5.41) is 4.03. The molecule has 0 amide bonds. The molecular weight excluding hydrogens is 306 g/mol. The van der Waals surface area contributed by atoms with Crippen LogP contribution in [0, 0.1) is 0 Å². The molecule has 22 heavy (non-hydrogen) atoms. The zero-order chi connectivity index (χ0) is 16.2. The van der Waals surface area contributed by atoms with Crippen LogP contribution in [0.4, 0.5) is 0 Å². The number of hydrogen-bond donors (Lipinski definition) is 1. The highest BCUT2D eigenvalue weighted by atomic mass is 32.2. The molecule has 1 atom stereocenters. The average molecular weight is 323 g/mol. The fourth-order valence-corrected chi connectivity index (χ4v) is 3.18. The quantitative estimate of drug-likeness (QED) is 0.802. The van der Waals surface area contributed by atoms with Gasteiger partial charge in [-0.1, -0.05) is 0 Å². The van der Waals surface area contributed by atoms with Gasteiger partial charge in [-0.15, -0.1) is 0 Å². The predicted molar refractivity (Wildman–Crippen MR) is 79.8 cm³/mol. The Morgan fingerprint density at radius 2 is 2.05 bits per heavy atom. The Morgan fingerprint density at radius 1 is 1.36 bits per heavy atom. The highest BCUT2D eigenvalue weighted by Gasteiger charge is 2.18. The lowest BCUT2D eigenvalue weighted by molar-refractivity contribution is 0.0600. The molecule has 1 heterocycles. The van der Waals surface area contributed by atoms with Gasteiger partial charge in [0.2, 0.25) is 10.0 Å². The Morgan fingerprint density at radius 3 is 2.59 bits per heavy atom. The third-order valence-electron chi connectivity index (χ3n) is 2.96. The van der Waals surface area contributed by atoms with Gasteiger partial charge in [0.1, 0.15) is 0 Å². The van der Waals surface area contributed by atoms with E-state index in [0.29, 0.717) is 12.1 Å². The minimum absolute atomic E-state index is 0.0902. The van der Waals surface area contributed by atoms with E-state index in [4.69, 9.17) is 0 Å². The van der Waals surface area contributed by atoms with Gasteiger partial charge < -0.3 is 4.74 Å². The summed E-state index contributed by atoms with van der Waals surface area (Å²) in [6.45, 7) is 2.18. The van der Waals surface area contributed by atoms with E-state index >= 15 is 0 Å². The highest BCUT2D eigenvalue weighted by molar-refractivity contribution is 7.89. The molecule has 0 radical (unpaired) electrons. The highest BCUT2D eigenvalue weighted by Crippen LogP contribution is 2.12. The number of benzene rings is 1. The number of nitrogens with one attached hydrogen (secondary N) is 1. The first-order valence-electron chi connectivity index (χ1n) is 6.60. The number of nitrogens with zero attached hydrogens (tertiary/aromatic N) is 2. The molecule has 0 aliphatic carbocycles. The topological polar surface area (TPSA) is 90.3 Å². The van der Waals surface area contributed by atoms with Gasteiger partial charge in [-0.05, 0) is 37.3 Å². The molecule has 0 aliphatic heterocycles. The maximum Gasteiger partial charge on any atom is 0.337 e. The van der Waals surface area contributed by atoms with E-state index < -0.39 is 16.0 Å². The molecule has 1 N–H and O–H groups in total. The summed E-state index contributed by atoms with van der Waals surface area (Å²) in [4.78, 5) is 11.4. The van der Waals surface area contributed by atoms with Gasteiger partial charge in [-0.3, -0.25) is 4.68 Å². The molecular formula is C14H17N3O4S. The number of aromatic nitrogens is 2. The van der Waals surface area contributed by atoms with Crippen LogP contribution in [0.25, 0.3) is 0 Å². The summed E-state index contributed by atoms with van der Waals surface area (Å²) in [7, 11) is -2.39. The second kappa shape index (κ2) is 6.71. The van der Waals surface area contributed by atoms with E-state index in [1.807, 2.05) is 0 Å². The first-order valence-corrected chi connectivity index (χ1v) is 8.09. The molecule has 8 heteroatoms. The zero-order valence-corrected chi connectivity index (χ0v) is 13.1. The standard InChI is InChI=1S/C14H17N3O4S/c1-11(10-17-9-3-8-15-17)16-22(19,20)13-6-4-12(5-7-13)14(18)21-2/h3-9,11,16H,10H2,1-2H3/t11-/m1/s1. The number of hydrogen-bond acceptors (Lipinski definition) is 5. The molecule has 118 valence electrons.